The molecular weight excluding hydrogens is 272 g/mol. The average Bonchev–Trinajstić information content (AvgIpc) is 2.48. The first-order valence-corrected chi connectivity index (χ1v) is 7.14. The third-order valence-corrected chi connectivity index (χ3v) is 2.72. The highest BCUT2D eigenvalue weighted by atomic mass is 16.7. The molecule has 0 radical (unpaired) electrons. The molecule has 0 unspecified atom stereocenters. The standard InChI is InChI=1S/C16H22O5/c1-4-19-13-9-7-12(8-10-13)14(17)11-15(18)16(20-5-2)21-6-3/h7-10,16H,4-6,11H2,1-3H3. The fourth-order valence-corrected chi connectivity index (χ4v) is 1.78. The number of ketones is 2. The smallest absolute Gasteiger partial charge is 0.218 e. The summed E-state index contributed by atoms with van der Waals surface area (Å²) in [5.74, 6) is 0.0759. The Morgan fingerprint density at radius 1 is 0.952 bits per heavy atom. The van der Waals surface area contributed by atoms with Gasteiger partial charge in [0, 0.05) is 18.8 Å². The molecule has 0 fully saturated rings. The highest BCUT2D eigenvalue weighted by Gasteiger charge is 2.22. The Balaban J connectivity index is 2.64. The van der Waals surface area contributed by atoms with E-state index in [1.165, 1.54) is 0 Å². The van der Waals surface area contributed by atoms with Crippen LogP contribution in [0.25, 0.3) is 0 Å². The van der Waals surface area contributed by atoms with Crippen LogP contribution in [0, 0.1) is 0 Å². The van der Waals surface area contributed by atoms with Crippen molar-refractivity contribution in [3.05, 3.63) is 29.8 Å². The maximum Gasteiger partial charge on any atom is 0.218 e. The molecule has 116 valence electrons. The predicted molar refractivity (Wildman–Crippen MR) is 78.6 cm³/mol. The van der Waals surface area contributed by atoms with Crippen molar-refractivity contribution in [1.29, 1.82) is 0 Å². The van der Waals surface area contributed by atoms with E-state index in [1.54, 1.807) is 38.1 Å². The van der Waals surface area contributed by atoms with Crippen LogP contribution in [0.15, 0.2) is 24.3 Å². The summed E-state index contributed by atoms with van der Waals surface area (Å²) in [7, 11) is 0. The quantitative estimate of drug-likeness (QED) is 0.377. The molecule has 21 heavy (non-hydrogen) atoms. The van der Waals surface area contributed by atoms with Crippen molar-refractivity contribution in [1.82, 2.24) is 0 Å². The lowest BCUT2D eigenvalue weighted by atomic mass is 10.1. The van der Waals surface area contributed by atoms with Gasteiger partial charge in [0.2, 0.25) is 6.29 Å². The lowest BCUT2D eigenvalue weighted by Crippen LogP contribution is -2.29. The number of carbonyl (C=O) groups excluding carboxylic acids is 2. The highest BCUT2D eigenvalue weighted by molar-refractivity contribution is 6.08. The monoisotopic (exact) mass is 294 g/mol. The second-order valence-corrected chi connectivity index (χ2v) is 4.27. The number of ether oxygens (including phenoxy) is 3. The molecule has 0 aliphatic carbocycles. The Kier molecular flexibility index (Phi) is 7.64. The average molecular weight is 294 g/mol. The summed E-state index contributed by atoms with van der Waals surface area (Å²) in [6.45, 7) is 6.71. The molecule has 0 aliphatic rings. The minimum absolute atomic E-state index is 0.237. The van der Waals surface area contributed by atoms with E-state index in [2.05, 4.69) is 0 Å². The molecule has 0 saturated heterocycles. The zero-order chi connectivity index (χ0) is 15.7. The van der Waals surface area contributed by atoms with Crippen LogP contribution in [0.4, 0.5) is 0 Å². The molecule has 0 aliphatic heterocycles. The molecule has 1 aromatic rings. The van der Waals surface area contributed by atoms with Crippen molar-refractivity contribution in [3.8, 4) is 5.75 Å². The van der Waals surface area contributed by atoms with Crippen LogP contribution in [0.3, 0.4) is 0 Å². The van der Waals surface area contributed by atoms with Crippen LogP contribution in [0.1, 0.15) is 37.6 Å². The van der Waals surface area contributed by atoms with Crippen LogP contribution in [-0.4, -0.2) is 37.7 Å². The van der Waals surface area contributed by atoms with Gasteiger partial charge in [0.15, 0.2) is 11.6 Å². The first-order chi connectivity index (χ1) is 10.1. The van der Waals surface area contributed by atoms with E-state index in [9.17, 15) is 9.59 Å². The van der Waals surface area contributed by atoms with Gasteiger partial charge in [-0.15, -0.1) is 0 Å². The first-order valence-electron chi connectivity index (χ1n) is 7.14. The van der Waals surface area contributed by atoms with Crippen molar-refractivity contribution >= 4 is 11.6 Å². The molecule has 0 atom stereocenters. The van der Waals surface area contributed by atoms with E-state index in [1.807, 2.05) is 6.92 Å². The minimum atomic E-state index is -0.966. The van der Waals surface area contributed by atoms with E-state index < -0.39 is 6.29 Å². The fraction of sp³-hybridized carbons (Fsp3) is 0.500. The molecule has 0 heterocycles. The third kappa shape index (κ3) is 5.65. The Morgan fingerprint density at radius 3 is 2.00 bits per heavy atom. The number of carbonyl (C=O) groups is 2. The third-order valence-electron chi connectivity index (χ3n) is 2.72. The molecule has 0 aromatic heterocycles. The van der Waals surface area contributed by atoms with Crippen molar-refractivity contribution in [2.24, 2.45) is 0 Å². The van der Waals surface area contributed by atoms with E-state index in [-0.39, 0.29) is 18.0 Å². The lowest BCUT2D eigenvalue weighted by molar-refractivity contribution is -0.166. The molecule has 0 N–H and O–H groups in total. The molecule has 5 heteroatoms. The summed E-state index contributed by atoms with van der Waals surface area (Å²) in [5.41, 5.74) is 0.471. The highest BCUT2D eigenvalue weighted by Crippen LogP contribution is 2.14. The van der Waals surface area contributed by atoms with Crippen molar-refractivity contribution < 1.29 is 23.8 Å². The molecule has 0 spiro atoms. The first kappa shape index (κ1) is 17.3. The number of hydrogen-bond donors (Lipinski definition) is 0. The Labute approximate surface area is 125 Å². The van der Waals surface area contributed by atoms with E-state index in [4.69, 9.17) is 14.2 Å². The fourth-order valence-electron chi connectivity index (χ4n) is 1.78. The maximum atomic E-state index is 12.1. The Hall–Kier alpha value is -1.72. The van der Waals surface area contributed by atoms with E-state index >= 15 is 0 Å². The molecule has 0 bridgehead atoms. The predicted octanol–water partition coefficient (Wildman–Crippen LogP) is 2.63. The van der Waals surface area contributed by atoms with Crippen LogP contribution in [-0.2, 0) is 14.3 Å². The summed E-state index contributed by atoms with van der Waals surface area (Å²) in [5, 5.41) is 0. The Bertz CT molecular complexity index is 446. The minimum Gasteiger partial charge on any atom is -0.494 e. The van der Waals surface area contributed by atoms with Crippen LogP contribution in [0.5, 0.6) is 5.75 Å². The van der Waals surface area contributed by atoms with Gasteiger partial charge in [0.05, 0.1) is 13.0 Å². The van der Waals surface area contributed by atoms with Crippen LogP contribution < -0.4 is 4.74 Å². The summed E-state index contributed by atoms with van der Waals surface area (Å²) >= 11 is 0. The topological polar surface area (TPSA) is 61.8 Å². The van der Waals surface area contributed by atoms with Crippen molar-refractivity contribution in [2.75, 3.05) is 19.8 Å². The zero-order valence-electron chi connectivity index (χ0n) is 12.8. The number of benzene rings is 1. The van der Waals surface area contributed by atoms with Gasteiger partial charge in [-0.25, -0.2) is 0 Å². The van der Waals surface area contributed by atoms with E-state index in [0.29, 0.717) is 31.1 Å². The maximum absolute atomic E-state index is 12.1. The SMILES string of the molecule is CCOc1ccc(C(=O)CC(=O)C(OCC)OCC)cc1. The van der Waals surface area contributed by atoms with Gasteiger partial charge in [-0.05, 0) is 45.0 Å². The molecule has 5 nitrogen and oxygen atoms in total. The van der Waals surface area contributed by atoms with Crippen molar-refractivity contribution in [2.45, 2.75) is 33.5 Å². The van der Waals surface area contributed by atoms with Gasteiger partial charge in [-0.3, -0.25) is 9.59 Å². The summed E-state index contributed by atoms with van der Waals surface area (Å²) < 4.78 is 15.7. The zero-order valence-corrected chi connectivity index (χ0v) is 12.8. The van der Waals surface area contributed by atoms with Gasteiger partial charge in [-0.1, -0.05) is 0 Å². The molecular formula is C16H22O5. The second kappa shape index (κ2) is 9.26. The molecule has 1 aromatic carbocycles. The largest absolute Gasteiger partial charge is 0.494 e. The Morgan fingerprint density at radius 2 is 1.52 bits per heavy atom. The van der Waals surface area contributed by atoms with Gasteiger partial charge in [0.1, 0.15) is 5.75 Å². The van der Waals surface area contributed by atoms with Crippen molar-refractivity contribution in [3.63, 3.8) is 0 Å². The number of hydrogen-bond acceptors (Lipinski definition) is 5. The van der Waals surface area contributed by atoms with Crippen LogP contribution >= 0.6 is 0 Å². The lowest BCUT2D eigenvalue weighted by Gasteiger charge is -2.15. The number of rotatable bonds is 10. The summed E-state index contributed by atoms with van der Waals surface area (Å²) in [4.78, 5) is 24.0. The van der Waals surface area contributed by atoms with Crippen LogP contribution in [0.2, 0.25) is 0 Å². The summed E-state index contributed by atoms with van der Waals surface area (Å²) in [6.07, 6.45) is -1.20. The van der Waals surface area contributed by atoms with Gasteiger partial charge in [-0.2, -0.15) is 0 Å². The second-order valence-electron chi connectivity index (χ2n) is 4.27. The van der Waals surface area contributed by atoms with Gasteiger partial charge in [0.25, 0.3) is 0 Å². The number of Topliss-reactive ketones (excluding diaryl/α,β-unsaturated/α-hetero) is 2. The normalized spacial score (nSPS) is 10.7. The molecule has 0 amide bonds. The van der Waals surface area contributed by atoms with Gasteiger partial charge < -0.3 is 14.2 Å². The van der Waals surface area contributed by atoms with Gasteiger partial charge >= 0.3 is 0 Å². The summed E-state index contributed by atoms with van der Waals surface area (Å²) in [6, 6.07) is 6.72. The van der Waals surface area contributed by atoms with E-state index in [0.717, 1.165) is 0 Å². The molecule has 0 saturated carbocycles. The molecule has 1 rings (SSSR count).